The largest absolute Gasteiger partial charge is 0.295 e. The van der Waals surface area contributed by atoms with Crippen molar-refractivity contribution < 1.29 is 9.59 Å². The van der Waals surface area contributed by atoms with Crippen molar-refractivity contribution in [2.24, 2.45) is 0 Å². The van der Waals surface area contributed by atoms with Gasteiger partial charge < -0.3 is 0 Å². The fourth-order valence-electron chi connectivity index (χ4n) is 0.634. The monoisotopic (exact) mass is 150 g/mol. The molecule has 0 aliphatic heterocycles. The van der Waals surface area contributed by atoms with Gasteiger partial charge in [0.15, 0.2) is 0 Å². The molecular weight excluding hydrogens is 144 g/mol. The summed E-state index contributed by atoms with van der Waals surface area (Å²) in [6.07, 6.45) is 3.28. The van der Waals surface area contributed by atoms with Gasteiger partial charge in [0.1, 0.15) is 0 Å². The highest BCUT2D eigenvalue weighted by Crippen LogP contribution is 1.93. The van der Waals surface area contributed by atoms with E-state index in [-0.39, 0.29) is 0 Å². The Morgan fingerprint density at radius 3 is 3.00 bits per heavy atom. The van der Waals surface area contributed by atoms with Gasteiger partial charge in [0.05, 0.1) is 5.56 Å². The van der Waals surface area contributed by atoms with Crippen LogP contribution in [0.3, 0.4) is 0 Å². The van der Waals surface area contributed by atoms with Gasteiger partial charge in [-0.05, 0) is 12.1 Å². The number of rotatable bonds is 2. The predicted molar refractivity (Wildman–Crippen MR) is 37.8 cm³/mol. The molecule has 0 unspecified atom stereocenters. The number of carbonyl (C=O) groups is 2. The third-order valence-electron chi connectivity index (χ3n) is 1.11. The first-order valence-electron chi connectivity index (χ1n) is 2.99. The van der Waals surface area contributed by atoms with Crippen LogP contribution in [0.4, 0.5) is 0 Å². The lowest BCUT2D eigenvalue weighted by Crippen LogP contribution is -2.21. The van der Waals surface area contributed by atoms with Crippen molar-refractivity contribution in [1.29, 1.82) is 0 Å². The zero-order valence-corrected chi connectivity index (χ0v) is 5.65. The molecule has 0 saturated heterocycles. The molecular formula is C7H6N2O2. The molecule has 56 valence electrons. The van der Waals surface area contributed by atoms with Crippen LogP contribution in [-0.2, 0) is 4.79 Å². The van der Waals surface area contributed by atoms with Crippen molar-refractivity contribution in [2.45, 2.75) is 0 Å². The van der Waals surface area contributed by atoms with Crippen molar-refractivity contribution in [3.63, 3.8) is 0 Å². The molecule has 1 aromatic heterocycles. The summed E-state index contributed by atoms with van der Waals surface area (Å²) >= 11 is 0. The molecule has 0 aromatic carbocycles. The van der Waals surface area contributed by atoms with Crippen molar-refractivity contribution >= 4 is 12.3 Å². The number of imide groups is 1. The average molecular weight is 150 g/mol. The molecule has 1 rings (SSSR count). The maximum absolute atomic E-state index is 10.9. The SMILES string of the molecule is O=CNC(=O)c1cccnc1. The summed E-state index contributed by atoms with van der Waals surface area (Å²) in [7, 11) is 0. The zero-order valence-electron chi connectivity index (χ0n) is 5.65. The Morgan fingerprint density at radius 1 is 1.64 bits per heavy atom. The van der Waals surface area contributed by atoms with Crippen LogP contribution in [0.5, 0.6) is 0 Å². The van der Waals surface area contributed by atoms with Gasteiger partial charge >= 0.3 is 0 Å². The first-order valence-corrected chi connectivity index (χ1v) is 2.99. The minimum absolute atomic E-state index is 0.343. The van der Waals surface area contributed by atoms with Gasteiger partial charge in [-0.1, -0.05) is 0 Å². The number of hydrogen-bond donors (Lipinski definition) is 1. The number of nitrogens with zero attached hydrogens (tertiary/aromatic N) is 1. The van der Waals surface area contributed by atoms with Gasteiger partial charge in [0.2, 0.25) is 6.41 Å². The lowest BCUT2D eigenvalue weighted by atomic mass is 10.3. The Bertz CT molecular complexity index is 258. The van der Waals surface area contributed by atoms with E-state index < -0.39 is 5.91 Å². The molecule has 0 aliphatic rings. The highest BCUT2D eigenvalue weighted by Gasteiger charge is 2.01. The third kappa shape index (κ3) is 1.86. The van der Waals surface area contributed by atoms with Crippen LogP contribution in [0.25, 0.3) is 0 Å². The standard InChI is InChI=1S/C7H6N2O2/c10-5-9-7(11)6-2-1-3-8-4-6/h1-5H,(H,9,10,11). The van der Waals surface area contributed by atoms with Crippen molar-refractivity contribution in [3.8, 4) is 0 Å². The number of pyridine rings is 1. The molecule has 0 saturated carbocycles. The summed E-state index contributed by atoms with van der Waals surface area (Å²) in [5.41, 5.74) is 0.375. The smallest absolute Gasteiger partial charge is 0.259 e. The highest BCUT2D eigenvalue weighted by molar-refractivity contribution is 5.99. The summed E-state index contributed by atoms with van der Waals surface area (Å²) in [6.45, 7) is 0. The fourth-order valence-corrected chi connectivity index (χ4v) is 0.634. The molecule has 0 bridgehead atoms. The topological polar surface area (TPSA) is 59.1 Å². The van der Waals surface area contributed by atoms with Crippen LogP contribution >= 0.6 is 0 Å². The maximum atomic E-state index is 10.9. The van der Waals surface area contributed by atoms with E-state index in [4.69, 9.17) is 0 Å². The van der Waals surface area contributed by atoms with E-state index in [1.165, 1.54) is 6.20 Å². The van der Waals surface area contributed by atoms with Gasteiger partial charge in [0, 0.05) is 12.4 Å². The number of nitrogens with one attached hydrogen (secondary N) is 1. The molecule has 0 radical (unpaired) electrons. The molecule has 2 amide bonds. The molecule has 4 heteroatoms. The quantitative estimate of drug-likeness (QED) is 0.602. The summed E-state index contributed by atoms with van der Waals surface area (Å²) in [5.74, 6) is -0.437. The molecule has 0 aliphatic carbocycles. The van der Waals surface area contributed by atoms with E-state index in [9.17, 15) is 9.59 Å². The van der Waals surface area contributed by atoms with Crippen molar-refractivity contribution in [3.05, 3.63) is 30.1 Å². The normalized spacial score (nSPS) is 8.73. The van der Waals surface area contributed by atoms with Gasteiger partial charge in [-0.25, -0.2) is 0 Å². The Labute approximate surface area is 63.3 Å². The van der Waals surface area contributed by atoms with Crippen LogP contribution in [0, 0.1) is 0 Å². The van der Waals surface area contributed by atoms with Crippen LogP contribution in [0.2, 0.25) is 0 Å². The lowest BCUT2D eigenvalue weighted by molar-refractivity contribution is -0.108. The first kappa shape index (κ1) is 7.40. The van der Waals surface area contributed by atoms with E-state index in [1.54, 1.807) is 18.3 Å². The number of carbonyl (C=O) groups excluding carboxylic acids is 2. The molecule has 0 fully saturated rings. The Balaban J connectivity index is 2.77. The minimum atomic E-state index is -0.437. The zero-order chi connectivity index (χ0) is 8.10. The van der Waals surface area contributed by atoms with Crippen LogP contribution in [0.15, 0.2) is 24.5 Å². The third-order valence-corrected chi connectivity index (χ3v) is 1.11. The van der Waals surface area contributed by atoms with E-state index in [0.717, 1.165) is 0 Å². The molecule has 1 heterocycles. The molecule has 0 atom stereocenters. The number of amides is 2. The molecule has 4 nitrogen and oxygen atoms in total. The molecule has 1 aromatic rings. The second-order valence-electron chi connectivity index (χ2n) is 1.83. The van der Waals surface area contributed by atoms with E-state index >= 15 is 0 Å². The van der Waals surface area contributed by atoms with Crippen LogP contribution in [-0.4, -0.2) is 17.3 Å². The molecule has 0 spiro atoms. The summed E-state index contributed by atoms with van der Waals surface area (Å²) in [5, 5.41) is 2.00. The average Bonchev–Trinajstić information content (AvgIpc) is 2.07. The van der Waals surface area contributed by atoms with Crippen molar-refractivity contribution in [2.75, 3.05) is 0 Å². The molecule has 1 N–H and O–H groups in total. The summed E-state index contributed by atoms with van der Waals surface area (Å²) < 4.78 is 0. The van der Waals surface area contributed by atoms with Gasteiger partial charge in [-0.3, -0.25) is 19.9 Å². The second-order valence-corrected chi connectivity index (χ2v) is 1.83. The lowest BCUT2D eigenvalue weighted by Gasteiger charge is -1.94. The molecule has 11 heavy (non-hydrogen) atoms. The van der Waals surface area contributed by atoms with Crippen LogP contribution in [0.1, 0.15) is 10.4 Å². The maximum Gasteiger partial charge on any atom is 0.259 e. The number of aromatic nitrogens is 1. The van der Waals surface area contributed by atoms with Gasteiger partial charge in [-0.2, -0.15) is 0 Å². The number of hydrogen-bond acceptors (Lipinski definition) is 3. The summed E-state index contributed by atoms with van der Waals surface area (Å²) in [4.78, 5) is 24.4. The first-order chi connectivity index (χ1) is 5.34. The van der Waals surface area contributed by atoms with Crippen molar-refractivity contribution in [1.82, 2.24) is 10.3 Å². The Morgan fingerprint density at radius 2 is 2.45 bits per heavy atom. The van der Waals surface area contributed by atoms with E-state index in [1.807, 2.05) is 5.32 Å². The highest BCUT2D eigenvalue weighted by atomic mass is 16.2. The van der Waals surface area contributed by atoms with Crippen LogP contribution < -0.4 is 5.32 Å². The predicted octanol–water partition coefficient (Wildman–Crippen LogP) is -0.0322. The minimum Gasteiger partial charge on any atom is -0.295 e. The van der Waals surface area contributed by atoms with E-state index in [0.29, 0.717) is 12.0 Å². The fraction of sp³-hybridized carbons (Fsp3) is 0. The second kappa shape index (κ2) is 3.46. The Kier molecular flexibility index (Phi) is 2.32. The van der Waals surface area contributed by atoms with Gasteiger partial charge in [0.25, 0.3) is 5.91 Å². The summed E-state index contributed by atoms with van der Waals surface area (Å²) in [6, 6.07) is 3.20. The van der Waals surface area contributed by atoms with E-state index in [2.05, 4.69) is 4.98 Å². The Hall–Kier alpha value is -1.71. The van der Waals surface area contributed by atoms with Gasteiger partial charge in [-0.15, -0.1) is 0 Å².